The van der Waals surface area contributed by atoms with Crippen LogP contribution < -0.4 is 15.4 Å². The number of alkyl halides is 1. The van der Waals surface area contributed by atoms with Gasteiger partial charge in [0.05, 0.1) is 40.4 Å². The molecule has 0 radical (unpaired) electrons. The Hall–Kier alpha value is -3.89. The van der Waals surface area contributed by atoms with Gasteiger partial charge in [-0.2, -0.15) is 9.97 Å². The number of halogens is 1. The highest BCUT2D eigenvalue weighted by atomic mass is 19.1. The van der Waals surface area contributed by atoms with Gasteiger partial charge in [-0.25, -0.2) is 4.39 Å². The SMILES string of the molecule is CN1Cc2c(nc(OC[C@@]34CCCN3C[C@H](F)C4)nc2N2CCCN=C(C=C(N)c3ccccn3)C2)C[C@]12CCCc1ccccc12. The molecule has 0 unspecified atom stereocenters. The summed E-state index contributed by atoms with van der Waals surface area (Å²) in [6, 6.07) is 15.1. The van der Waals surface area contributed by atoms with E-state index in [0.29, 0.717) is 37.8 Å². The monoisotopic (exact) mass is 636 g/mol. The van der Waals surface area contributed by atoms with Crippen LogP contribution in [0, 0.1) is 0 Å². The van der Waals surface area contributed by atoms with Crippen molar-refractivity contribution in [2.45, 2.75) is 75.2 Å². The first-order chi connectivity index (χ1) is 22.9. The highest BCUT2D eigenvalue weighted by Gasteiger charge is 2.50. The van der Waals surface area contributed by atoms with Crippen LogP contribution in [0.3, 0.4) is 0 Å². The molecule has 2 saturated heterocycles. The largest absolute Gasteiger partial charge is 0.461 e. The summed E-state index contributed by atoms with van der Waals surface area (Å²) in [5.74, 6) is 0.908. The maximum Gasteiger partial charge on any atom is 0.318 e. The summed E-state index contributed by atoms with van der Waals surface area (Å²) in [5, 5.41) is 0. The molecule has 5 aliphatic rings. The van der Waals surface area contributed by atoms with E-state index < -0.39 is 6.17 Å². The lowest BCUT2D eigenvalue weighted by atomic mass is 9.71. The summed E-state index contributed by atoms with van der Waals surface area (Å²) in [4.78, 5) is 26.8. The fraction of sp³-hybridized carbons (Fsp3) is 0.514. The number of hydrogen-bond donors (Lipinski definition) is 1. The molecular weight excluding hydrogens is 591 g/mol. The molecule has 8 rings (SSSR count). The Kier molecular flexibility index (Phi) is 7.96. The quantitative estimate of drug-likeness (QED) is 0.416. The van der Waals surface area contributed by atoms with Crippen LogP contribution in [0.5, 0.6) is 6.01 Å². The van der Waals surface area contributed by atoms with Gasteiger partial charge in [0, 0.05) is 50.8 Å². The van der Waals surface area contributed by atoms with Gasteiger partial charge in [-0.1, -0.05) is 30.3 Å². The molecule has 2 N–H and O–H groups in total. The van der Waals surface area contributed by atoms with Crippen LogP contribution in [-0.2, 0) is 24.9 Å². The van der Waals surface area contributed by atoms with Crippen LogP contribution in [-0.4, -0.2) is 88.6 Å². The van der Waals surface area contributed by atoms with Crippen molar-refractivity contribution in [3.8, 4) is 6.01 Å². The summed E-state index contributed by atoms with van der Waals surface area (Å²) in [7, 11) is 2.26. The van der Waals surface area contributed by atoms with Crippen molar-refractivity contribution in [3.63, 3.8) is 0 Å². The first-order valence-electron chi connectivity index (χ1n) is 17.3. The third kappa shape index (κ3) is 5.59. The molecule has 6 heterocycles. The van der Waals surface area contributed by atoms with E-state index in [2.05, 4.69) is 51.0 Å². The molecular formula is C37H45FN8O. The van der Waals surface area contributed by atoms with E-state index >= 15 is 0 Å². The van der Waals surface area contributed by atoms with E-state index in [0.717, 1.165) is 99.6 Å². The number of nitrogens with zero attached hydrogens (tertiary/aromatic N) is 7. The number of ether oxygens (including phenoxy) is 1. The average Bonchev–Trinajstić information content (AvgIpc) is 3.51. The zero-order valence-electron chi connectivity index (χ0n) is 27.4. The lowest BCUT2D eigenvalue weighted by molar-refractivity contribution is 0.0714. The number of anilines is 1. The first-order valence-corrected chi connectivity index (χ1v) is 17.3. The number of aromatic nitrogens is 3. The standard InChI is InChI=1S/C37H45FN8O/c1-44-24-29-33(21-37(44)14-6-10-26-9-2-3-11-30(26)37)42-35(47-25-36-13-7-18-46(36)22-27(38)20-36)43-34(29)45-17-8-16-40-28(23-45)19-31(39)32-12-4-5-15-41-32/h2-5,9,11-12,15,19,27H,6-8,10,13-14,16-18,20-25,39H2,1H3/t27-,36+,37+/m1/s1. The lowest BCUT2D eigenvalue weighted by Crippen LogP contribution is -2.51. The zero-order valence-corrected chi connectivity index (χ0v) is 27.4. The van der Waals surface area contributed by atoms with Crippen LogP contribution in [0.25, 0.3) is 5.70 Å². The molecule has 1 aliphatic carbocycles. The molecule has 0 saturated carbocycles. The molecule has 1 spiro atoms. The molecule has 3 aromatic rings. The molecule has 10 heteroatoms. The molecule has 9 nitrogen and oxygen atoms in total. The Morgan fingerprint density at radius 2 is 1.96 bits per heavy atom. The Labute approximate surface area is 276 Å². The fourth-order valence-corrected chi connectivity index (χ4v) is 8.92. The Morgan fingerprint density at radius 3 is 2.85 bits per heavy atom. The number of likely N-dealkylation sites (N-methyl/N-ethyl adjacent to an activating group) is 1. The number of benzene rings is 1. The summed E-state index contributed by atoms with van der Waals surface area (Å²) in [6.07, 6.45) is 10.5. The van der Waals surface area contributed by atoms with Crippen molar-refractivity contribution < 1.29 is 9.13 Å². The van der Waals surface area contributed by atoms with E-state index in [1.54, 1.807) is 6.20 Å². The second-order valence-electron chi connectivity index (χ2n) is 14.2. The maximum absolute atomic E-state index is 14.6. The van der Waals surface area contributed by atoms with Crippen molar-refractivity contribution in [3.05, 3.63) is 82.8 Å². The maximum atomic E-state index is 14.6. The minimum Gasteiger partial charge on any atom is -0.461 e. The number of fused-ring (bicyclic) bond motifs is 4. The Morgan fingerprint density at radius 1 is 1.06 bits per heavy atom. The van der Waals surface area contributed by atoms with E-state index in [1.807, 2.05) is 24.3 Å². The van der Waals surface area contributed by atoms with E-state index in [-0.39, 0.29) is 11.1 Å². The summed E-state index contributed by atoms with van der Waals surface area (Å²) < 4.78 is 21.2. The van der Waals surface area contributed by atoms with Crippen LogP contribution in [0.15, 0.2) is 59.7 Å². The molecule has 4 aliphatic heterocycles. The smallest absolute Gasteiger partial charge is 0.318 e. The highest BCUT2D eigenvalue weighted by molar-refractivity contribution is 6.03. The predicted octanol–water partition coefficient (Wildman–Crippen LogP) is 4.70. The van der Waals surface area contributed by atoms with Gasteiger partial charge in [-0.15, -0.1) is 0 Å². The number of aliphatic imine (C=N–C) groups is 1. The van der Waals surface area contributed by atoms with Crippen molar-refractivity contribution in [1.29, 1.82) is 0 Å². The number of pyridine rings is 1. The lowest BCUT2D eigenvalue weighted by Gasteiger charge is -2.49. The molecule has 3 atom stereocenters. The summed E-state index contributed by atoms with van der Waals surface area (Å²) >= 11 is 0. The minimum atomic E-state index is -0.804. The van der Waals surface area contributed by atoms with Crippen molar-refractivity contribution >= 4 is 17.2 Å². The Bertz CT molecular complexity index is 1700. The number of aryl methyl sites for hydroxylation is 1. The second kappa shape index (κ2) is 12.3. The summed E-state index contributed by atoms with van der Waals surface area (Å²) in [6.45, 7) is 4.70. The first kappa shape index (κ1) is 30.4. The fourth-order valence-electron chi connectivity index (χ4n) is 8.92. The average molecular weight is 637 g/mol. The van der Waals surface area contributed by atoms with Gasteiger partial charge in [0.15, 0.2) is 0 Å². The Balaban J connectivity index is 1.16. The molecule has 2 aromatic heterocycles. The van der Waals surface area contributed by atoms with Crippen molar-refractivity contribution in [2.24, 2.45) is 10.7 Å². The van der Waals surface area contributed by atoms with Crippen LogP contribution in [0.1, 0.15) is 66.6 Å². The van der Waals surface area contributed by atoms with Crippen LogP contribution in [0.4, 0.5) is 10.2 Å². The molecule has 1 aromatic carbocycles. The highest BCUT2D eigenvalue weighted by Crippen LogP contribution is 2.47. The van der Waals surface area contributed by atoms with Gasteiger partial charge >= 0.3 is 6.01 Å². The molecule has 246 valence electrons. The number of hydrogen-bond acceptors (Lipinski definition) is 9. The van der Waals surface area contributed by atoms with E-state index in [9.17, 15) is 4.39 Å². The van der Waals surface area contributed by atoms with E-state index in [1.165, 1.54) is 11.1 Å². The minimum absolute atomic E-state index is 0.121. The van der Waals surface area contributed by atoms with Crippen LogP contribution >= 0.6 is 0 Å². The van der Waals surface area contributed by atoms with Gasteiger partial charge in [0.25, 0.3) is 0 Å². The molecule has 47 heavy (non-hydrogen) atoms. The van der Waals surface area contributed by atoms with Crippen LogP contribution in [0.2, 0.25) is 0 Å². The van der Waals surface area contributed by atoms with Gasteiger partial charge in [-0.3, -0.25) is 19.8 Å². The predicted molar refractivity (Wildman–Crippen MR) is 182 cm³/mol. The second-order valence-corrected chi connectivity index (χ2v) is 14.2. The summed E-state index contributed by atoms with van der Waals surface area (Å²) in [5.41, 5.74) is 13.4. The number of rotatable bonds is 6. The normalized spacial score (nSPS) is 28.0. The van der Waals surface area contributed by atoms with E-state index in [4.69, 9.17) is 25.4 Å². The zero-order chi connectivity index (χ0) is 32.0. The third-order valence-electron chi connectivity index (χ3n) is 11.3. The van der Waals surface area contributed by atoms with Crippen molar-refractivity contribution in [1.82, 2.24) is 24.8 Å². The number of nitrogens with two attached hydrogens (primary N) is 1. The van der Waals surface area contributed by atoms with Gasteiger partial charge in [0.2, 0.25) is 0 Å². The van der Waals surface area contributed by atoms with Crippen molar-refractivity contribution in [2.75, 3.05) is 51.3 Å². The molecule has 2 fully saturated rings. The topological polar surface area (TPSA) is 96.0 Å². The molecule has 0 bridgehead atoms. The molecule has 0 amide bonds. The van der Waals surface area contributed by atoms with Gasteiger partial charge < -0.3 is 15.4 Å². The third-order valence-corrected chi connectivity index (χ3v) is 11.3. The van der Waals surface area contributed by atoms with Gasteiger partial charge in [-0.05, 0) is 81.5 Å². The van der Waals surface area contributed by atoms with Gasteiger partial charge in [0.1, 0.15) is 18.6 Å².